The van der Waals surface area contributed by atoms with Crippen molar-refractivity contribution in [2.45, 2.75) is 56.4 Å². The van der Waals surface area contributed by atoms with Crippen molar-refractivity contribution in [3.05, 3.63) is 29.8 Å². The third kappa shape index (κ3) is 4.16. The maximum Gasteiger partial charge on any atom is 0.310 e. The van der Waals surface area contributed by atoms with Crippen LogP contribution >= 0.6 is 0 Å². The quantitative estimate of drug-likeness (QED) is 0.737. The van der Waals surface area contributed by atoms with Gasteiger partial charge < -0.3 is 10.4 Å². The zero-order valence-corrected chi connectivity index (χ0v) is 16.1. The maximum atomic E-state index is 13.0. The number of aliphatic carboxylic acids is 1. The molecular formula is C19H26N2O5S. The summed E-state index contributed by atoms with van der Waals surface area (Å²) in [6.45, 7) is 1.10. The second-order valence-corrected chi connectivity index (χ2v) is 9.37. The van der Waals surface area contributed by atoms with Gasteiger partial charge in [0.15, 0.2) is 0 Å². The number of benzene rings is 1. The molecule has 1 amide bonds. The molecule has 2 aliphatic rings. The first-order valence-corrected chi connectivity index (χ1v) is 10.9. The average molecular weight is 394 g/mol. The van der Waals surface area contributed by atoms with E-state index in [2.05, 4.69) is 5.32 Å². The molecule has 27 heavy (non-hydrogen) atoms. The molecule has 1 aromatic rings. The molecule has 0 bridgehead atoms. The number of rotatable bonds is 7. The molecule has 1 heterocycles. The summed E-state index contributed by atoms with van der Waals surface area (Å²) in [4.78, 5) is 23.9. The Labute approximate surface area is 159 Å². The topological polar surface area (TPSA) is 104 Å². The molecular weight excluding hydrogens is 368 g/mol. The van der Waals surface area contributed by atoms with Crippen LogP contribution in [-0.2, 0) is 26.2 Å². The highest BCUT2D eigenvalue weighted by molar-refractivity contribution is 7.89. The average Bonchev–Trinajstić information content (AvgIpc) is 2.63. The monoisotopic (exact) mass is 394 g/mol. The number of nitrogens with one attached hydrogen (secondary N) is 1. The third-order valence-corrected chi connectivity index (χ3v) is 7.64. The number of carboxylic acids is 1. The lowest BCUT2D eigenvalue weighted by molar-refractivity contribution is -0.157. The number of sulfonamides is 1. The van der Waals surface area contributed by atoms with Gasteiger partial charge in [-0.1, -0.05) is 31.0 Å². The van der Waals surface area contributed by atoms with Crippen LogP contribution in [0.5, 0.6) is 0 Å². The predicted octanol–water partition coefficient (Wildman–Crippen LogP) is 2.12. The normalized spacial score (nSPS) is 19.9. The van der Waals surface area contributed by atoms with Crippen molar-refractivity contribution < 1.29 is 23.1 Å². The fourth-order valence-corrected chi connectivity index (χ4v) is 5.52. The first kappa shape index (κ1) is 19.8. The Bertz CT molecular complexity index is 811. The highest BCUT2D eigenvalue weighted by Gasteiger charge is 2.45. The van der Waals surface area contributed by atoms with Crippen LogP contribution in [0.25, 0.3) is 0 Å². The first-order valence-electron chi connectivity index (χ1n) is 9.43. The second kappa shape index (κ2) is 7.98. The van der Waals surface area contributed by atoms with Crippen LogP contribution in [0.15, 0.2) is 29.2 Å². The summed E-state index contributed by atoms with van der Waals surface area (Å²) in [5, 5.41) is 12.1. The van der Waals surface area contributed by atoms with Gasteiger partial charge in [0.25, 0.3) is 0 Å². The van der Waals surface area contributed by atoms with Crippen molar-refractivity contribution in [3.8, 4) is 0 Å². The number of piperidine rings is 1. The van der Waals surface area contributed by atoms with E-state index >= 15 is 0 Å². The minimum atomic E-state index is -3.59. The Morgan fingerprint density at radius 2 is 1.74 bits per heavy atom. The molecule has 1 aliphatic carbocycles. The molecule has 1 aliphatic heterocycles. The summed E-state index contributed by atoms with van der Waals surface area (Å²) in [7, 11) is -3.59. The molecule has 2 N–H and O–H groups in total. The second-order valence-electron chi connectivity index (χ2n) is 7.47. The minimum absolute atomic E-state index is 0.0661. The molecule has 3 rings (SSSR count). The molecule has 0 aromatic heterocycles. The Morgan fingerprint density at radius 1 is 1.07 bits per heavy atom. The van der Waals surface area contributed by atoms with Crippen molar-refractivity contribution in [1.82, 2.24) is 9.62 Å². The van der Waals surface area contributed by atoms with E-state index in [9.17, 15) is 23.1 Å². The van der Waals surface area contributed by atoms with Crippen LogP contribution in [0, 0.1) is 5.41 Å². The van der Waals surface area contributed by atoms with Gasteiger partial charge in [0, 0.05) is 26.1 Å². The van der Waals surface area contributed by atoms with Gasteiger partial charge in [-0.3, -0.25) is 9.59 Å². The van der Waals surface area contributed by atoms with Crippen LogP contribution in [0.2, 0.25) is 0 Å². The van der Waals surface area contributed by atoms with Crippen molar-refractivity contribution in [2.75, 3.05) is 13.1 Å². The van der Waals surface area contributed by atoms with Crippen molar-refractivity contribution in [2.24, 2.45) is 5.41 Å². The highest BCUT2D eigenvalue weighted by atomic mass is 32.2. The van der Waals surface area contributed by atoms with E-state index in [4.69, 9.17) is 0 Å². The lowest BCUT2D eigenvalue weighted by Crippen LogP contribution is -2.42. The Balaban J connectivity index is 1.69. The first-order chi connectivity index (χ1) is 12.8. The molecule has 2 fully saturated rings. The summed E-state index contributed by atoms with van der Waals surface area (Å²) >= 11 is 0. The molecule has 1 aromatic carbocycles. The number of carbonyl (C=O) groups excluding carboxylic acids is 1. The minimum Gasteiger partial charge on any atom is -0.481 e. The van der Waals surface area contributed by atoms with Crippen molar-refractivity contribution in [1.29, 1.82) is 0 Å². The van der Waals surface area contributed by atoms with Gasteiger partial charge in [-0.2, -0.15) is 4.31 Å². The summed E-state index contributed by atoms with van der Waals surface area (Å²) < 4.78 is 27.4. The Kier molecular flexibility index (Phi) is 5.86. The molecule has 8 heteroatoms. The van der Waals surface area contributed by atoms with Crippen LogP contribution in [0.1, 0.15) is 50.5 Å². The summed E-state index contributed by atoms with van der Waals surface area (Å²) in [5.41, 5.74) is -0.432. The summed E-state index contributed by atoms with van der Waals surface area (Å²) in [6, 6.07) is 6.67. The SMILES string of the molecule is O=C(CC1(C(=O)O)CCC1)NCc1ccccc1S(=O)(=O)N1CCCCC1. The smallest absolute Gasteiger partial charge is 0.310 e. The van der Waals surface area contributed by atoms with Crippen molar-refractivity contribution >= 4 is 21.9 Å². The number of nitrogens with zero attached hydrogens (tertiary/aromatic N) is 1. The Hall–Kier alpha value is -1.93. The Morgan fingerprint density at radius 3 is 2.33 bits per heavy atom. The van der Waals surface area contributed by atoms with Gasteiger partial charge in [-0.25, -0.2) is 8.42 Å². The van der Waals surface area contributed by atoms with E-state index < -0.39 is 21.4 Å². The zero-order valence-electron chi connectivity index (χ0n) is 15.3. The third-order valence-electron chi connectivity index (χ3n) is 5.64. The molecule has 1 saturated carbocycles. The van der Waals surface area contributed by atoms with E-state index in [0.717, 1.165) is 25.7 Å². The van der Waals surface area contributed by atoms with E-state index in [-0.39, 0.29) is 23.8 Å². The maximum absolute atomic E-state index is 13.0. The van der Waals surface area contributed by atoms with Crippen LogP contribution in [0.3, 0.4) is 0 Å². The van der Waals surface area contributed by atoms with Crippen LogP contribution < -0.4 is 5.32 Å². The van der Waals surface area contributed by atoms with Gasteiger partial charge in [0.1, 0.15) is 0 Å². The predicted molar refractivity (Wildman–Crippen MR) is 99.4 cm³/mol. The molecule has 7 nitrogen and oxygen atoms in total. The highest BCUT2D eigenvalue weighted by Crippen LogP contribution is 2.44. The fourth-order valence-electron chi connectivity index (χ4n) is 3.78. The van der Waals surface area contributed by atoms with Gasteiger partial charge >= 0.3 is 5.97 Å². The van der Waals surface area contributed by atoms with E-state index in [1.165, 1.54) is 4.31 Å². The van der Waals surface area contributed by atoms with Gasteiger partial charge in [-0.15, -0.1) is 0 Å². The standard InChI is InChI=1S/C19H26N2O5S/c22-17(13-19(18(23)24)9-6-10-19)20-14-15-7-2-3-8-16(15)27(25,26)21-11-4-1-5-12-21/h2-3,7-8H,1,4-6,9-14H2,(H,20,22)(H,23,24). The van der Waals surface area contributed by atoms with Crippen LogP contribution in [0.4, 0.5) is 0 Å². The zero-order chi connectivity index (χ0) is 19.5. The fraction of sp³-hybridized carbons (Fsp3) is 0.579. The molecule has 0 radical (unpaired) electrons. The molecule has 1 saturated heterocycles. The van der Waals surface area contributed by atoms with E-state index in [1.54, 1.807) is 24.3 Å². The number of hydrogen-bond donors (Lipinski definition) is 2. The lowest BCUT2D eigenvalue weighted by atomic mass is 9.66. The van der Waals surface area contributed by atoms with Crippen molar-refractivity contribution in [3.63, 3.8) is 0 Å². The number of carboxylic acid groups (broad SMARTS) is 1. The van der Waals surface area contributed by atoms with Gasteiger partial charge in [0.2, 0.25) is 15.9 Å². The van der Waals surface area contributed by atoms with Gasteiger partial charge in [-0.05, 0) is 37.3 Å². The largest absolute Gasteiger partial charge is 0.481 e. The number of carbonyl (C=O) groups is 2. The van der Waals surface area contributed by atoms with Gasteiger partial charge in [0.05, 0.1) is 10.3 Å². The number of hydrogen-bond acceptors (Lipinski definition) is 4. The summed E-state index contributed by atoms with van der Waals surface area (Å²) in [5.74, 6) is -1.29. The molecule has 148 valence electrons. The number of amides is 1. The molecule has 0 atom stereocenters. The molecule has 0 spiro atoms. The summed E-state index contributed by atoms with van der Waals surface area (Å²) in [6.07, 6.45) is 4.52. The van der Waals surface area contributed by atoms with E-state index in [0.29, 0.717) is 31.5 Å². The van der Waals surface area contributed by atoms with Crippen LogP contribution in [-0.4, -0.2) is 42.8 Å². The lowest BCUT2D eigenvalue weighted by Gasteiger charge is -2.36. The molecule has 0 unspecified atom stereocenters. The van der Waals surface area contributed by atoms with E-state index in [1.807, 2.05) is 0 Å².